The molecule has 7 nitrogen and oxygen atoms in total. The van der Waals surface area contributed by atoms with Crippen molar-refractivity contribution in [2.24, 2.45) is 0 Å². The second-order valence-electron chi connectivity index (χ2n) is 6.28. The van der Waals surface area contributed by atoms with E-state index in [1.807, 2.05) is 0 Å². The van der Waals surface area contributed by atoms with Crippen LogP contribution >= 0.6 is 34.8 Å². The van der Waals surface area contributed by atoms with Gasteiger partial charge in [0.05, 0.1) is 28.4 Å². The summed E-state index contributed by atoms with van der Waals surface area (Å²) in [5.74, 6) is 0.592. The summed E-state index contributed by atoms with van der Waals surface area (Å²) >= 11 is 18.1. The van der Waals surface area contributed by atoms with E-state index in [-0.39, 0.29) is 21.6 Å². The maximum atomic E-state index is 12.8. The second-order valence-corrected chi connectivity index (χ2v) is 7.53. The zero-order valence-electron chi connectivity index (χ0n) is 15.9. The monoisotopic (exact) mass is 474 g/mol. The molecule has 1 N–H and O–H groups in total. The lowest BCUT2D eigenvalue weighted by Gasteiger charge is -2.10. The highest BCUT2D eigenvalue weighted by molar-refractivity contribution is 6.39. The summed E-state index contributed by atoms with van der Waals surface area (Å²) in [4.78, 5) is 21.1. The molecule has 2 heterocycles. The molecule has 0 atom stereocenters. The van der Waals surface area contributed by atoms with Crippen molar-refractivity contribution < 1.29 is 14.1 Å². The molecular formula is C21H13Cl3N4O3. The van der Waals surface area contributed by atoms with Gasteiger partial charge in [-0.2, -0.15) is 4.98 Å². The molecule has 0 radical (unpaired) electrons. The van der Waals surface area contributed by atoms with Crippen molar-refractivity contribution >= 4 is 46.4 Å². The first-order chi connectivity index (χ1) is 15.0. The Morgan fingerprint density at radius 3 is 2.42 bits per heavy atom. The van der Waals surface area contributed by atoms with Gasteiger partial charge in [-0.3, -0.25) is 9.78 Å². The summed E-state index contributed by atoms with van der Waals surface area (Å²) in [7, 11) is 1.51. The number of halogens is 3. The van der Waals surface area contributed by atoms with Crippen molar-refractivity contribution in [3.05, 3.63) is 75.5 Å². The van der Waals surface area contributed by atoms with Crippen molar-refractivity contribution in [1.29, 1.82) is 0 Å². The number of amides is 1. The molecule has 2 aromatic heterocycles. The van der Waals surface area contributed by atoms with E-state index in [4.69, 9.17) is 44.1 Å². The van der Waals surface area contributed by atoms with E-state index in [1.54, 1.807) is 42.5 Å². The Labute approximate surface area is 191 Å². The van der Waals surface area contributed by atoms with Gasteiger partial charge in [0.2, 0.25) is 5.82 Å². The number of methoxy groups -OCH3 is 1. The molecular weight excluding hydrogens is 463 g/mol. The van der Waals surface area contributed by atoms with E-state index in [0.29, 0.717) is 27.7 Å². The average molecular weight is 476 g/mol. The lowest BCUT2D eigenvalue weighted by Crippen LogP contribution is -2.13. The molecule has 1 amide bonds. The van der Waals surface area contributed by atoms with Gasteiger partial charge in [0.1, 0.15) is 5.75 Å². The predicted molar refractivity (Wildman–Crippen MR) is 119 cm³/mol. The molecule has 0 unspecified atom stereocenters. The number of hydrogen-bond donors (Lipinski definition) is 1. The highest BCUT2D eigenvalue weighted by atomic mass is 35.5. The fourth-order valence-electron chi connectivity index (χ4n) is 2.78. The SMILES string of the molecule is COc1ccc(C(=O)Nc2c(Cl)cncc2Cl)cc1-c1nc(-c2ccc(Cl)cc2)no1. The Hall–Kier alpha value is -3.13. The first-order valence-electron chi connectivity index (χ1n) is 8.84. The van der Waals surface area contributed by atoms with Crippen LogP contribution in [-0.2, 0) is 0 Å². The predicted octanol–water partition coefficient (Wildman–Crippen LogP) is 6.02. The van der Waals surface area contributed by atoms with Gasteiger partial charge in [-0.25, -0.2) is 0 Å². The third kappa shape index (κ3) is 4.49. The van der Waals surface area contributed by atoms with Crippen LogP contribution < -0.4 is 10.1 Å². The Kier molecular flexibility index (Phi) is 6.08. The van der Waals surface area contributed by atoms with Crippen LogP contribution in [0.25, 0.3) is 22.8 Å². The normalized spacial score (nSPS) is 10.7. The summed E-state index contributed by atoms with van der Waals surface area (Å²) in [5, 5.41) is 7.73. The van der Waals surface area contributed by atoms with Gasteiger partial charge in [0.15, 0.2) is 0 Å². The molecule has 4 rings (SSSR count). The minimum atomic E-state index is -0.434. The molecule has 0 saturated carbocycles. The van der Waals surface area contributed by atoms with Gasteiger partial charge >= 0.3 is 0 Å². The van der Waals surface area contributed by atoms with E-state index in [2.05, 4.69) is 20.4 Å². The lowest BCUT2D eigenvalue weighted by atomic mass is 10.1. The van der Waals surface area contributed by atoms with Crippen LogP contribution in [0.2, 0.25) is 15.1 Å². The molecule has 31 heavy (non-hydrogen) atoms. The Morgan fingerprint density at radius 2 is 1.74 bits per heavy atom. The zero-order chi connectivity index (χ0) is 22.0. The van der Waals surface area contributed by atoms with Gasteiger partial charge in [-0.15, -0.1) is 0 Å². The first-order valence-corrected chi connectivity index (χ1v) is 9.98. The molecule has 0 saturated heterocycles. The molecule has 0 spiro atoms. The van der Waals surface area contributed by atoms with Crippen LogP contribution in [0.5, 0.6) is 5.75 Å². The third-order valence-electron chi connectivity index (χ3n) is 4.31. The summed E-state index contributed by atoms with van der Waals surface area (Å²) in [6, 6.07) is 11.8. The van der Waals surface area contributed by atoms with Crippen LogP contribution in [0.1, 0.15) is 10.4 Å². The topological polar surface area (TPSA) is 90.1 Å². The Balaban J connectivity index is 1.67. The number of carbonyl (C=O) groups is 1. The third-order valence-corrected chi connectivity index (χ3v) is 5.14. The van der Waals surface area contributed by atoms with Crippen molar-refractivity contribution in [2.45, 2.75) is 0 Å². The maximum absolute atomic E-state index is 12.8. The molecule has 156 valence electrons. The Bertz CT molecular complexity index is 1240. The zero-order valence-corrected chi connectivity index (χ0v) is 18.2. The average Bonchev–Trinajstić information content (AvgIpc) is 3.26. The standard InChI is InChI=1S/C21H13Cl3N4O3/c1-30-17-7-4-12(20(29)26-18-15(23)9-25-10-16(18)24)8-14(17)21-27-19(28-31-21)11-2-5-13(22)6-3-11/h2-10H,1H3,(H,25,26,29). The van der Waals surface area contributed by atoms with Crippen LogP contribution in [-0.4, -0.2) is 28.1 Å². The number of nitrogens with zero attached hydrogens (tertiary/aromatic N) is 3. The number of pyridine rings is 1. The number of ether oxygens (including phenoxy) is 1. The number of rotatable bonds is 5. The molecule has 2 aromatic carbocycles. The number of aromatic nitrogens is 3. The molecule has 0 bridgehead atoms. The number of carbonyl (C=O) groups excluding carboxylic acids is 1. The molecule has 0 aliphatic carbocycles. The highest BCUT2D eigenvalue weighted by Gasteiger charge is 2.19. The van der Waals surface area contributed by atoms with Crippen molar-refractivity contribution in [2.75, 3.05) is 12.4 Å². The minimum Gasteiger partial charge on any atom is -0.496 e. The van der Waals surface area contributed by atoms with Crippen molar-refractivity contribution in [1.82, 2.24) is 15.1 Å². The van der Waals surface area contributed by atoms with Gasteiger partial charge in [-0.1, -0.05) is 40.0 Å². The largest absolute Gasteiger partial charge is 0.496 e. The van der Waals surface area contributed by atoms with Gasteiger partial charge in [0, 0.05) is 28.5 Å². The smallest absolute Gasteiger partial charge is 0.262 e. The fourth-order valence-corrected chi connectivity index (χ4v) is 3.37. The van der Waals surface area contributed by atoms with E-state index in [0.717, 1.165) is 5.56 Å². The summed E-state index contributed by atoms with van der Waals surface area (Å²) in [6.07, 6.45) is 2.78. The summed E-state index contributed by atoms with van der Waals surface area (Å²) in [6.45, 7) is 0. The molecule has 10 heteroatoms. The number of nitrogens with one attached hydrogen (secondary N) is 1. The summed E-state index contributed by atoms with van der Waals surface area (Å²) < 4.78 is 10.8. The lowest BCUT2D eigenvalue weighted by molar-refractivity contribution is 0.102. The maximum Gasteiger partial charge on any atom is 0.262 e. The van der Waals surface area contributed by atoms with Gasteiger partial charge in [0.25, 0.3) is 11.8 Å². The first kappa shape index (κ1) is 21.1. The van der Waals surface area contributed by atoms with Crippen molar-refractivity contribution in [3.63, 3.8) is 0 Å². The van der Waals surface area contributed by atoms with E-state index < -0.39 is 5.91 Å². The summed E-state index contributed by atoms with van der Waals surface area (Å²) in [5.41, 5.74) is 1.76. The van der Waals surface area contributed by atoms with E-state index >= 15 is 0 Å². The second kappa shape index (κ2) is 8.93. The van der Waals surface area contributed by atoms with Gasteiger partial charge < -0.3 is 14.6 Å². The van der Waals surface area contributed by atoms with Crippen LogP contribution in [0.15, 0.2) is 59.4 Å². The number of anilines is 1. The van der Waals surface area contributed by atoms with Gasteiger partial charge in [-0.05, 0) is 42.5 Å². The fraction of sp³-hybridized carbons (Fsp3) is 0.0476. The number of hydrogen-bond acceptors (Lipinski definition) is 6. The quantitative estimate of drug-likeness (QED) is 0.379. The Morgan fingerprint density at radius 1 is 1.03 bits per heavy atom. The van der Waals surface area contributed by atoms with Crippen molar-refractivity contribution in [3.8, 4) is 28.6 Å². The van der Waals surface area contributed by atoms with E-state index in [9.17, 15) is 4.79 Å². The van der Waals surface area contributed by atoms with Crippen LogP contribution in [0.4, 0.5) is 5.69 Å². The van der Waals surface area contributed by atoms with E-state index in [1.165, 1.54) is 19.5 Å². The molecule has 0 aliphatic heterocycles. The van der Waals surface area contributed by atoms with Crippen LogP contribution in [0.3, 0.4) is 0 Å². The van der Waals surface area contributed by atoms with Crippen LogP contribution in [0, 0.1) is 0 Å². The molecule has 0 fully saturated rings. The molecule has 0 aliphatic rings. The molecule has 4 aromatic rings. The number of benzene rings is 2. The minimum absolute atomic E-state index is 0.191. The highest BCUT2D eigenvalue weighted by Crippen LogP contribution is 2.33.